The van der Waals surface area contributed by atoms with Gasteiger partial charge in [0.05, 0.1) is 18.0 Å². The molecule has 0 radical (unpaired) electrons. The Morgan fingerprint density at radius 3 is 2.69 bits per heavy atom. The first-order chi connectivity index (χ1) is 12.6. The molecule has 0 saturated heterocycles. The Morgan fingerprint density at radius 1 is 1.23 bits per heavy atom. The number of carbonyl (C=O) groups is 1. The Balaban J connectivity index is 2.15. The lowest BCUT2D eigenvalue weighted by molar-refractivity contribution is -0.137. The number of carbonyl (C=O) groups excluding carboxylic acids is 1. The van der Waals surface area contributed by atoms with Gasteiger partial charge >= 0.3 is 5.97 Å². The van der Waals surface area contributed by atoms with Gasteiger partial charge in [0.2, 0.25) is 0 Å². The smallest absolute Gasteiger partial charge is 0.348 e. The Kier molecular flexibility index (Phi) is 4.85. The first-order valence-corrected chi connectivity index (χ1v) is 8.40. The SMILES string of the molecule is CCOC(=O)/C(C#N)=C/c1c(C)nn(-c2cccc3ccccc23)c1C. The molecule has 0 spiro atoms. The number of fused-ring (bicyclic) bond motifs is 1. The second-order valence-electron chi connectivity index (χ2n) is 5.88. The van der Waals surface area contributed by atoms with E-state index < -0.39 is 5.97 Å². The molecule has 1 heterocycles. The van der Waals surface area contributed by atoms with Crippen molar-refractivity contribution >= 4 is 22.8 Å². The highest BCUT2D eigenvalue weighted by molar-refractivity contribution is 5.98. The molecule has 0 aliphatic carbocycles. The maximum atomic E-state index is 11.9. The molecule has 3 aromatic rings. The number of ether oxygens (including phenoxy) is 1. The van der Waals surface area contributed by atoms with Crippen molar-refractivity contribution in [2.75, 3.05) is 6.61 Å². The standard InChI is InChI=1S/C21H19N3O2/c1-4-26-21(25)17(13-22)12-19-14(2)23-24(15(19)3)20-11-7-9-16-8-5-6-10-18(16)20/h5-12H,4H2,1-3H3/b17-12+. The zero-order valence-electron chi connectivity index (χ0n) is 15.0. The molecule has 0 amide bonds. The third-order valence-electron chi connectivity index (χ3n) is 4.25. The van der Waals surface area contributed by atoms with E-state index in [-0.39, 0.29) is 12.2 Å². The third-order valence-corrected chi connectivity index (χ3v) is 4.25. The molecule has 0 atom stereocenters. The van der Waals surface area contributed by atoms with Gasteiger partial charge in [-0.05, 0) is 38.3 Å². The van der Waals surface area contributed by atoms with E-state index >= 15 is 0 Å². The van der Waals surface area contributed by atoms with Crippen molar-refractivity contribution in [3.8, 4) is 11.8 Å². The van der Waals surface area contributed by atoms with Gasteiger partial charge in [0.25, 0.3) is 0 Å². The molecule has 0 aliphatic rings. The zero-order chi connectivity index (χ0) is 18.7. The van der Waals surface area contributed by atoms with Crippen molar-refractivity contribution in [2.24, 2.45) is 0 Å². The van der Waals surface area contributed by atoms with Crippen LogP contribution in [-0.4, -0.2) is 22.4 Å². The number of nitriles is 1. The summed E-state index contributed by atoms with van der Waals surface area (Å²) < 4.78 is 6.79. The van der Waals surface area contributed by atoms with Crippen LogP contribution >= 0.6 is 0 Å². The summed E-state index contributed by atoms with van der Waals surface area (Å²) in [4.78, 5) is 11.9. The van der Waals surface area contributed by atoms with E-state index in [9.17, 15) is 10.1 Å². The summed E-state index contributed by atoms with van der Waals surface area (Å²) in [5.41, 5.74) is 3.28. The van der Waals surface area contributed by atoms with Crippen molar-refractivity contribution < 1.29 is 9.53 Å². The van der Waals surface area contributed by atoms with E-state index in [0.29, 0.717) is 0 Å². The lowest BCUT2D eigenvalue weighted by Gasteiger charge is -2.09. The molecular formula is C21H19N3O2. The largest absolute Gasteiger partial charge is 0.462 e. The average Bonchev–Trinajstić information content (AvgIpc) is 2.93. The highest BCUT2D eigenvalue weighted by Gasteiger charge is 2.16. The van der Waals surface area contributed by atoms with Gasteiger partial charge in [0.15, 0.2) is 0 Å². The van der Waals surface area contributed by atoms with Crippen molar-refractivity contribution in [3.05, 3.63) is 65.0 Å². The molecule has 5 heteroatoms. The fourth-order valence-electron chi connectivity index (χ4n) is 2.98. The number of rotatable bonds is 4. The van der Waals surface area contributed by atoms with Crippen LogP contribution in [-0.2, 0) is 9.53 Å². The molecule has 0 N–H and O–H groups in total. The van der Waals surface area contributed by atoms with E-state index in [1.54, 1.807) is 13.0 Å². The minimum absolute atomic E-state index is 0.0319. The minimum Gasteiger partial charge on any atom is -0.462 e. The van der Waals surface area contributed by atoms with Gasteiger partial charge in [-0.1, -0.05) is 36.4 Å². The van der Waals surface area contributed by atoms with Crippen LogP contribution in [0.5, 0.6) is 0 Å². The number of hydrogen-bond acceptors (Lipinski definition) is 4. The fraction of sp³-hybridized carbons (Fsp3) is 0.190. The summed E-state index contributed by atoms with van der Waals surface area (Å²) in [7, 11) is 0. The van der Waals surface area contributed by atoms with Crippen LogP contribution in [0.2, 0.25) is 0 Å². The Hall–Kier alpha value is -3.39. The number of esters is 1. The molecule has 0 unspecified atom stereocenters. The van der Waals surface area contributed by atoms with Crippen LogP contribution in [0, 0.1) is 25.2 Å². The van der Waals surface area contributed by atoms with Crippen LogP contribution in [0.4, 0.5) is 0 Å². The Bertz CT molecular complexity index is 1050. The number of nitrogens with zero attached hydrogens (tertiary/aromatic N) is 3. The number of hydrogen-bond donors (Lipinski definition) is 0. The van der Waals surface area contributed by atoms with Gasteiger partial charge in [0.1, 0.15) is 11.6 Å². The average molecular weight is 345 g/mol. The number of benzene rings is 2. The Morgan fingerprint density at radius 2 is 1.96 bits per heavy atom. The first-order valence-electron chi connectivity index (χ1n) is 8.40. The van der Waals surface area contributed by atoms with Gasteiger partial charge in [0, 0.05) is 16.6 Å². The van der Waals surface area contributed by atoms with Crippen molar-refractivity contribution in [2.45, 2.75) is 20.8 Å². The summed E-state index contributed by atoms with van der Waals surface area (Å²) in [6.07, 6.45) is 1.55. The van der Waals surface area contributed by atoms with Gasteiger partial charge < -0.3 is 4.74 Å². The van der Waals surface area contributed by atoms with Gasteiger partial charge in [-0.3, -0.25) is 0 Å². The second-order valence-corrected chi connectivity index (χ2v) is 5.88. The fourth-order valence-corrected chi connectivity index (χ4v) is 2.98. The van der Waals surface area contributed by atoms with Gasteiger partial charge in [-0.2, -0.15) is 10.4 Å². The Labute approximate surface area is 152 Å². The predicted octanol–water partition coefficient (Wildman–Crippen LogP) is 4.11. The van der Waals surface area contributed by atoms with E-state index in [4.69, 9.17) is 4.74 Å². The number of aryl methyl sites for hydroxylation is 1. The molecule has 0 aliphatic heterocycles. The molecule has 3 rings (SSSR count). The molecule has 5 nitrogen and oxygen atoms in total. The van der Waals surface area contributed by atoms with Crippen LogP contribution < -0.4 is 0 Å². The molecule has 1 aromatic heterocycles. The summed E-state index contributed by atoms with van der Waals surface area (Å²) in [5.74, 6) is -0.619. The van der Waals surface area contributed by atoms with E-state index in [0.717, 1.165) is 33.4 Å². The van der Waals surface area contributed by atoms with E-state index in [1.165, 1.54) is 0 Å². The van der Waals surface area contributed by atoms with Crippen molar-refractivity contribution in [1.82, 2.24) is 9.78 Å². The maximum Gasteiger partial charge on any atom is 0.348 e. The van der Waals surface area contributed by atoms with Crippen LogP contribution in [0.1, 0.15) is 23.9 Å². The van der Waals surface area contributed by atoms with E-state index in [1.807, 2.05) is 48.9 Å². The van der Waals surface area contributed by atoms with Crippen LogP contribution in [0.3, 0.4) is 0 Å². The minimum atomic E-state index is -0.619. The molecule has 0 saturated carbocycles. The summed E-state index contributed by atoms with van der Waals surface area (Å²) in [6.45, 7) is 5.72. The summed E-state index contributed by atoms with van der Waals surface area (Å²) >= 11 is 0. The van der Waals surface area contributed by atoms with Gasteiger partial charge in [-0.15, -0.1) is 0 Å². The zero-order valence-corrected chi connectivity index (χ0v) is 15.0. The lowest BCUT2D eigenvalue weighted by atomic mass is 10.1. The molecule has 0 fully saturated rings. The normalized spacial score (nSPS) is 11.4. The molecule has 0 bridgehead atoms. The maximum absolute atomic E-state index is 11.9. The monoisotopic (exact) mass is 345 g/mol. The quantitative estimate of drug-likeness (QED) is 0.405. The topological polar surface area (TPSA) is 67.9 Å². The third kappa shape index (κ3) is 3.09. The summed E-state index contributed by atoms with van der Waals surface area (Å²) in [5, 5.41) is 16.1. The van der Waals surface area contributed by atoms with E-state index in [2.05, 4.69) is 23.3 Å². The number of aromatic nitrogens is 2. The van der Waals surface area contributed by atoms with Crippen molar-refractivity contribution in [3.63, 3.8) is 0 Å². The second kappa shape index (κ2) is 7.24. The lowest BCUT2D eigenvalue weighted by Crippen LogP contribution is -2.06. The first kappa shape index (κ1) is 17.4. The molecule has 130 valence electrons. The molecular weight excluding hydrogens is 326 g/mol. The highest BCUT2D eigenvalue weighted by Crippen LogP contribution is 2.26. The van der Waals surface area contributed by atoms with Crippen molar-refractivity contribution in [1.29, 1.82) is 5.26 Å². The molecule has 2 aromatic carbocycles. The van der Waals surface area contributed by atoms with Crippen LogP contribution in [0.15, 0.2) is 48.0 Å². The highest BCUT2D eigenvalue weighted by atomic mass is 16.5. The molecule has 26 heavy (non-hydrogen) atoms. The predicted molar refractivity (Wildman–Crippen MR) is 101 cm³/mol. The van der Waals surface area contributed by atoms with Gasteiger partial charge in [-0.25, -0.2) is 9.48 Å². The summed E-state index contributed by atoms with van der Waals surface area (Å²) in [6, 6.07) is 16.1. The van der Waals surface area contributed by atoms with Crippen LogP contribution in [0.25, 0.3) is 22.5 Å².